The molecule has 0 unspecified atom stereocenters. The molecule has 0 atom stereocenters. The normalized spacial score (nSPS) is 9.59. The van der Waals surface area contributed by atoms with E-state index in [1.807, 2.05) is 0 Å². The molecule has 0 spiro atoms. The summed E-state index contributed by atoms with van der Waals surface area (Å²) in [7, 11) is 8.38. The van der Waals surface area contributed by atoms with Gasteiger partial charge >= 0.3 is 5.97 Å². The molecule has 0 saturated heterocycles. The smallest absolute Gasteiger partial charge is 0.341 e. The van der Waals surface area contributed by atoms with E-state index in [0.717, 1.165) is 0 Å². The van der Waals surface area contributed by atoms with Gasteiger partial charge in [-0.25, -0.2) is 4.79 Å². The molecule has 0 saturated carbocycles. The Labute approximate surface area is 101 Å². The van der Waals surface area contributed by atoms with Crippen LogP contribution in [0.1, 0.15) is 17.3 Å². The van der Waals surface area contributed by atoms with E-state index < -0.39 is 5.97 Å². The van der Waals surface area contributed by atoms with Gasteiger partial charge in [-0.3, -0.25) is 4.79 Å². The van der Waals surface area contributed by atoms with E-state index in [2.05, 4.69) is 10.1 Å². The number of ether oxygens (including phenoxy) is 2. The Hall–Kier alpha value is -1.98. The van der Waals surface area contributed by atoms with E-state index >= 15 is 0 Å². The fraction of sp³-hybridized carbons (Fsp3) is 0.273. The van der Waals surface area contributed by atoms with E-state index in [1.165, 1.54) is 33.3 Å². The van der Waals surface area contributed by atoms with Crippen LogP contribution in [0.5, 0.6) is 5.75 Å². The van der Waals surface area contributed by atoms with Crippen molar-refractivity contribution in [1.29, 1.82) is 0 Å². The molecule has 1 amide bonds. The molecular formula is C11H12BNO4. The first-order valence-corrected chi connectivity index (χ1v) is 4.83. The first-order chi connectivity index (χ1) is 7.99. The van der Waals surface area contributed by atoms with Crippen molar-refractivity contribution in [3.8, 4) is 5.75 Å². The number of carbonyl (C=O) groups is 2. The van der Waals surface area contributed by atoms with Crippen LogP contribution in [0.4, 0.5) is 5.69 Å². The molecule has 0 fully saturated rings. The van der Waals surface area contributed by atoms with Crippen LogP contribution in [0.25, 0.3) is 0 Å². The van der Waals surface area contributed by atoms with Crippen LogP contribution in [-0.2, 0) is 9.53 Å². The highest BCUT2D eigenvalue weighted by Crippen LogP contribution is 2.21. The van der Waals surface area contributed by atoms with Gasteiger partial charge in [-0.1, -0.05) is 5.46 Å². The zero-order chi connectivity index (χ0) is 13.0. The zero-order valence-corrected chi connectivity index (χ0v) is 9.87. The lowest BCUT2D eigenvalue weighted by Gasteiger charge is -2.12. The van der Waals surface area contributed by atoms with Gasteiger partial charge in [0.2, 0.25) is 5.91 Å². The van der Waals surface area contributed by atoms with Crippen LogP contribution in [0.3, 0.4) is 0 Å². The van der Waals surface area contributed by atoms with Crippen LogP contribution in [-0.4, -0.2) is 33.9 Å². The van der Waals surface area contributed by atoms with Crippen LogP contribution in [0.2, 0.25) is 0 Å². The summed E-state index contributed by atoms with van der Waals surface area (Å²) in [5, 5.41) is 2.52. The number of hydrogen-bond acceptors (Lipinski definition) is 4. The Morgan fingerprint density at radius 2 is 1.94 bits per heavy atom. The fourth-order valence-electron chi connectivity index (χ4n) is 1.33. The second-order valence-corrected chi connectivity index (χ2v) is 3.31. The van der Waals surface area contributed by atoms with Crippen molar-refractivity contribution in [3.05, 3.63) is 17.7 Å². The molecule has 0 aliphatic heterocycles. The van der Waals surface area contributed by atoms with Crippen molar-refractivity contribution in [1.82, 2.24) is 0 Å². The summed E-state index contributed by atoms with van der Waals surface area (Å²) in [6, 6.07) is 2.87. The summed E-state index contributed by atoms with van der Waals surface area (Å²) >= 11 is 0. The van der Waals surface area contributed by atoms with E-state index in [4.69, 9.17) is 12.6 Å². The van der Waals surface area contributed by atoms with Crippen LogP contribution in [0.15, 0.2) is 12.1 Å². The summed E-state index contributed by atoms with van der Waals surface area (Å²) in [5.41, 5.74) is 0.858. The van der Waals surface area contributed by atoms with Crippen molar-refractivity contribution < 1.29 is 19.1 Å². The Morgan fingerprint density at radius 3 is 2.41 bits per heavy atom. The lowest BCUT2D eigenvalue weighted by atomic mass is 9.92. The monoisotopic (exact) mass is 233 g/mol. The maximum Gasteiger partial charge on any atom is 0.341 e. The highest BCUT2D eigenvalue weighted by atomic mass is 16.5. The van der Waals surface area contributed by atoms with E-state index in [0.29, 0.717) is 16.9 Å². The molecule has 1 aromatic rings. The molecule has 2 radical (unpaired) electrons. The summed E-state index contributed by atoms with van der Waals surface area (Å²) in [6.07, 6.45) is 0. The molecule has 0 heterocycles. The van der Waals surface area contributed by atoms with E-state index in [1.54, 1.807) is 0 Å². The number of benzene rings is 1. The number of hydrogen-bond donors (Lipinski definition) is 1. The Balaban J connectivity index is 3.26. The Kier molecular flexibility index (Phi) is 4.14. The van der Waals surface area contributed by atoms with Crippen LogP contribution < -0.4 is 15.5 Å². The van der Waals surface area contributed by atoms with Crippen molar-refractivity contribution >= 4 is 30.9 Å². The van der Waals surface area contributed by atoms with Crippen molar-refractivity contribution in [2.24, 2.45) is 0 Å². The van der Waals surface area contributed by atoms with Gasteiger partial charge < -0.3 is 14.8 Å². The third-order valence-electron chi connectivity index (χ3n) is 2.09. The maximum atomic E-state index is 11.5. The topological polar surface area (TPSA) is 64.6 Å². The minimum absolute atomic E-state index is 0.202. The zero-order valence-electron chi connectivity index (χ0n) is 9.87. The predicted molar refractivity (Wildman–Crippen MR) is 64.0 cm³/mol. The third kappa shape index (κ3) is 2.99. The molecule has 1 aromatic carbocycles. The van der Waals surface area contributed by atoms with E-state index in [9.17, 15) is 9.59 Å². The molecule has 0 aliphatic rings. The number of rotatable bonds is 3. The second kappa shape index (κ2) is 5.38. The van der Waals surface area contributed by atoms with Gasteiger partial charge in [0.15, 0.2) is 0 Å². The maximum absolute atomic E-state index is 11.5. The van der Waals surface area contributed by atoms with Crippen molar-refractivity contribution in [2.75, 3.05) is 19.5 Å². The molecule has 1 rings (SSSR count). The molecular weight excluding hydrogens is 221 g/mol. The van der Waals surface area contributed by atoms with Gasteiger partial charge in [0.1, 0.15) is 19.2 Å². The number of nitrogens with one attached hydrogen (secondary N) is 1. The fourth-order valence-corrected chi connectivity index (χ4v) is 1.33. The lowest BCUT2D eigenvalue weighted by molar-refractivity contribution is -0.114. The minimum Gasteiger partial charge on any atom is -0.496 e. The molecule has 0 bridgehead atoms. The van der Waals surface area contributed by atoms with Gasteiger partial charge in [0, 0.05) is 12.6 Å². The van der Waals surface area contributed by atoms with Crippen LogP contribution in [0, 0.1) is 0 Å². The molecule has 5 nitrogen and oxygen atoms in total. The Bertz CT molecular complexity index is 459. The lowest BCUT2D eigenvalue weighted by Crippen LogP contribution is -2.18. The standard InChI is InChI=1S/C11H12BNO4/c1-6(14)13-9-4-7(11(15)17-3)10(16-2)5-8(9)12/h4-5H,1-3H3,(H,13,14). The van der Waals surface area contributed by atoms with Gasteiger partial charge in [-0.05, 0) is 12.1 Å². The predicted octanol–water partition coefficient (Wildman–Crippen LogP) is 0.234. The molecule has 0 aromatic heterocycles. The summed E-state index contributed by atoms with van der Waals surface area (Å²) in [6.45, 7) is 1.35. The molecule has 0 aliphatic carbocycles. The largest absolute Gasteiger partial charge is 0.496 e. The third-order valence-corrected chi connectivity index (χ3v) is 2.09. The summed E-state index contributed by atoms with van der Waals surface area (Å²) < 4.78 is 9.62. The molecule has 1 N–H and O–H groups in total. The van der Waals surface area contributed by atoms with Gasteiger partial charge in [0.05, 0.1) is 14.2 Å². The van der Waals surface area contributed by atoms with E-state index in [-0.39, 0.29) is 11.5 Å². The molecule has 17 heavy (non-hydrogen) atoms. The minimum atomic E-state index is -0.562. The quantitative estimate of drug-likeness (QED) is 0.599. The average molecular weight is 233 g/mol. The number of methoxy groups -OCH3 is 2. The highest BCUT2D eigenvalue weighted by molar-refractivity contribution is 6.36. The highest BCUT2D eigenvalue weighted by Gasteiger charge is 2.15. The van der Waals surface area contributed by atoms with Crippen molar-refractivity contribution in [2.45, 2.75) is 6.92 Å². The molecule has 6 heteroatoms. The SMILES string of the molecule is [B]c1cc(OC)c(C(=O)OC)cc1NC(C)=O. The van der Waals surface area contributed by atoms with Gasteiger partial charge in [0.25, 0.3) is 0 Å². The average Bonchev–Trinajstić information content (AvgIpc) is 2.29. The van der Waals surface area contributed by atoms with Crippen molar-refractivity contribution in [3.63, 3.8) is 0 Å². The van der Waals surface area contributed by atoms with Gasteiger partial charge in [-0.15, -0.1) is 0 Å². The summed E-state index contributed by atoms with van der Waals surface area (Å²) in [5.74, 6) is -0.547. The Morgan fingerprint density at radius 1 is 1.29 bits per heavy atom. The number of amides is 1. The number of anilines is 1. The first-order valence-electron chi connectivity index (χ1n) is 4.83. The van der Waals surface area contributed by atoms with Crippen LogP contribution >= 0.6 is 0 Å². The molecule has 88 valence electrons. The summed E-state index contributed by atoms with van der Waals surface area (Å²) in [4.78, 5) is 22.4. The number of esters is 1. The van der Waals surface area contributed by atoms with Gasteiger partial charge in [-0.2, -0.15) is 0 Å². The second-order valence-electron chi connectivity index (χ2n) is 3.31. The first kappa shape index (κ1) is 13.1. The number of carbonyl (C=O) groups excluding carboxylic acids is 2.